The van der Waals surface area contributed by atoms with Gasteiger partial charge in [-0.15, -0.1) is 0 Å². The van der Waals surface area contributed by atoms with Crippen LogP contribution in [0.25, 0.3) is 0 Å². The molecule has 1 aliphatic rings. The van der Waals surface area contributed by atoms with Gasteiger partial charge in [0.1, 0.15) is 11.4 Å². The maximum absolute atomic E-state index is 12.0. The number of ether oxygens (including phenoxy) is 1. The molecule has 0 saturated carbocycles. The van der Waals surface area contributed by atoms with Crippen LogP contribution in [0.1, 0.15) is 25.3 Å². The third-order valence-electron chi connectivity index (χ3n) is 4.52. The van der Waals surface area contributed by atoms with E-state index in [1.165, 1.54) is 0 Å². The molecule has 5 nitrogen and oxygen atoms in total. The monoisotopic (exact) mass is 306 g/mol. The van der Waals surface area contributed by atoms with E-state index in [9.17, 15) is 9.90 Å². The highest BCUT2D eigenvalue weighted by Crippen LogP contribution is 2.35. The summed E-state index contributed by atoms with van der Waals surface area (Å²) < 4.78 is 5.17. The number of methoxy groups -OCH3 is 1. The molecule has 2 atom stereocenters. The van der Waals surface area contributed by atoms with Crippen LogP contribution in [0.15, 0.2) is 24.3 Å². The van der Waals surface area contributed by atoms with E-state index in [1.807, 2.05) is 31.2 Å². The minimum absolute atomic E-state index is 0.0511. The number of benzene rings is 1. The summed E-state index contributed by atoms with van der Waals surface area (Å²) in [6, 6.07) is 7.44. The molecule has 1 aromatic carbocycles. The standard InChI is InChI=1S/C17H26N2O3/c1-17(21,13-7-9-14(22-4)10-8-13)15-6-5-11-19(15)12-16(20)18(2)3/h7-10,15,21H,5-6,11-12H2,1-4H3. The fourth-order valence-corrected chi connectivity index (χ4v) is 3.09. The number of carbonyl (C=O) groups excluding carboxylic acids is 1. The van der Waals surface area contributed by atoms with E-state index in [0.717, 1.165) is 30.7 Å². The van der Waals surface area contributed by atoms with Crippen LogP contribution < -0.4 is 4.74 Å². The molecule has 1 amide bonds. The van der Waals surface area contributed by atoms with E-state index in [2.05, 4.69) is 4.90 Å². The van der Waals surface area contributed by atoms with Crippen LogP contribution in [0.2, 0.25) is 0 Å². The van der Waals surface area contributed by atoms with E-state index in [0.29, 0.717) is 6.54 Å². The van der Waals surface area contributed by atoms with Crippen molar-refractivity contribution < 1.29 is 14.6 Å². The molecule has 2 rings (SSSR count). The Bertz CT molecular complexity index is 511. The van der Waals surface area contributed by atoms with Crippen LogP contribution >= 0.6 is 0 Å². The number of nitrogens with zero attached hydrogens (tertiary/aromatic N) is 2. The molecule has 5 heteroatoms. The summed E-state index contributed by atoms with van der Waals surface area (Å²) in [5, 5.41) is 11.1. The molecule has 2 unspecified atom stereocenters. The van der Waals surface area contributed by atoms with Gasteiger partial charge in [-0.1, -0.05) is 12.1 Å². The van der Waals surface area contributed by atoms with E-state index >= 15 is 0 Å². The quantitative estimate of drug-likeness (QED) is 0.895. The van der Waals surface area contributed by atoms with Crippen LogP contribution in [0.3, 0.4) is 0 Å². The summed E-state index contributed by atoms with van der Waals surface area (Å²) in [6.07, 6.45) is 1.89. The van der Waals surface area contributed by atoms with Gasteiger partial charge in [0.25, 0.3) is 0 Å². The Morgan fingerprint density at radius 1 is 1.41 bits per heavy atom. The van der Waals surface area contributed by atoms with E-state index in [1.54, 1.807) is 26.1 Å². The Labute approximate surface area is 132 Å². The molecule has 22 heavy (non-hydrogen) atoms. The van der Waals surface area contributed by atoms with Gasteiger partial charge in [-0.05, 0) is 44.0 Å². The van der Waals surface area contributed by atoms with Crippen molar-refractivity contribution in [1.29, 1.82) is 0 Å². The van der Waals surface area contributed by atoms with Crippen molar-refractivity contribution in [3.63, 3.8) is 0 Å². The third kappa shape index (κ3) is 3.42. The van der Waals surface area contributed by atoms with E-state index in [4.69, 9.17) is 4.74 Å². The lowest BCUT2D eigenvalue weighted by atomic mass is 9.86. The first-order valence-corrected chi connectivity index (χ1v) is 7.67. The lowest BCUT2D eigenvalue weighted by Crippen LogP contribution is -2.48. The minimum Gasteiger partial charge on any atom is -0.497 e. The first-order chi connectivity index (χ1) is 10.4. The van der Waals surface area contributed by atoms with Gasteiger partial charge >= 0.3 is 0 Å². The normalized spacial score (nSPS) is 21.4. The van der Waals surface area contributed by atoms with E-state index in [-0.39, 0.29) is 11.9 Å². The first-order valence-electron chi connectivity index (χ1n) is 7.67. The molecule has 1 fully saturated rings. The van der Waals surface area contributed by atoms with Crippen LogP contribution in [-0.4, -0.2) is 61.2 Å². The number of aliphatic hydroxyl groups is 1. The molecule has 1 N–H and O–H groups in total. The molecular formula is C17H26N2O3. The van der Waals surface area contributed by atoms with Gasteiger partial charge in [-0.2, -0.15) is 0 Å². The summed E-state index contributed by atoms with van der Waals surface area (Å²) >= 11 is 0. The summed E-state index contributed by atoms with van der Waals surface area (Å²) in [4.78, 5) is 15.7. The van der Waals surface area contributed by atoms with Gasteiger partial charge in [0.15, 0.2) is 0 Å². The molecule has 1 aliphatic heterocycles. The molecule has 0 radical (unpaired) electrons. The van der Waals surface area contributed by atoms with Crippen LogP contribution in [0.5, 0.6) is 5.75 Å². The number of carbonyl (C=O) groups is 1. The Morgan fingerprint density at radius 3 is 2.59 bits per heavy atom. The van der Waals surface area contributed by atoms with Crippen molar-refractivity contribution >= 4 is 5.91 Å². The summed E-state index contributed by atoms with van der Waals surface area (Å²) in [6.45, 7) is 3.03. The fourth-order valence-electron chi connectivity index (χ4n) is 3.09. The first kappa shape index (κ1) is 16.8. The molecule has 0 aromatic heterocycles. The van der Waals surface area contributed by atoms with Gasteiger partial charge in [-0.3, -0.25) is 9.69 Å². The molecule has 0 aliphatic carbocycles. The van der Waals surface area contributed by atoms with Crippen molar-refractivity contribution in [3.05, 3.63) is 29.8 Å². The zero-order valence-corrected chi connectivity index (χ0v) is 13.9. The Hall–Kier alpha value is -1.59. The highest BCUT2D eigenvalue weighted by molar-refractivity contribution is 5.77. The highest BCUT2D eigenvalue weighted by Gasteiger charge is 2.41. The summed E-state index contributed by atoms with van der Waals surface area (Å²) in [7, 11) is 5.14. The molecular weight excluding hydrogens is 280 g/mol. The number of rotatable bonds is 5. The van der Waals surface area contributed by atoms with Crippen LogP contribution in [0.4, 0.5) is 0 Å². The van der Waals surface area contributed by atoms with Gasteiger partial charge < -0.3 is 14.7 Å². The van der Waals surface area contributed by atoms with Gasteiger partial charge in [0.05, 0.1) is 13.7 Å². The molecule has 0 spiro atoms. The number of likely N-dealkylation sites (N-methyl/N-ethyl adjacent to an activating group) is 1. The zero-order valence-electron chi connectivity index (χ0n) is 13.9. The van der Waals surface area contributed by atoms with Gasteiger partial charge in [-0.25, -0.2) is 0 Å². The van der Waals surface area contributed by atoms with Crippen LogP contribution in [0, 0.1) is 0 Å². The van der Waals surface area contributed by atoms with Crippen molar-refractivity contribution in [1.82, 2.24) is 9.80 Å². The smallest absolute Gasteiger partial charge is 0.236 e. The maximum Gasteiger partial charge on any atom is 0.236 e. The molecule has 122 valence electrons. The van der Waals surface area contributed by atoms with Crippen molar-refractivity contribution in [2.24, 2.45) is 0 Å². The minimum atomic E-state index is -0.991. The molecule has 1 aromatic rings. The van der Waals surface area contributed by atoms with Gasteiger partial charge in [0.2, 0.25) is 5.91 Å². The zero-order chi connectivity index (χ0) is 16.3. The Balaban J connectivity index is 2.17. The van der Waals surface area contributed by atoms with E-state index < -0.39 is 5.60 Å². The lowest BCUT2D eigenvalue weighted by molar-refractivity contribution is -0.131. The van der Waals surface area contributed by atoms with Crippen molar-refractivity contribution in [2.45, 2.75) is 31.4 Å². The summed E-state index contributed by atoms with van der Waals surface area (Å²) in [5.74, 6) is 0.836. The summed E-state index contributed by atoms with van der Waals surface area (Å²) in [5.41, 5.74) is -0.141. The maximum atomic E-state index is 12.0. The number of hydrogen-bond acceptors (Lipinski definition) is 4. The molecule has 0 bridgehead atoms. The molecule has 1 heterocycles. The van der Waals surface area contributed by atoms with Crippen molar-refractivity contribution in [2.75, 3.05) is 34.3 Å². The average Bonchev–Trinajstić information content (AvgIpc) is 2.96. The largest absolute Gasteiger partial charge is 0.497 e. The third-order valence-corrected chi connectivity index (χ3v) is 4.52. The Morgan fingerprint density at radius 2 is 2.05 bits per heavy atom. The second-order valence-electron chi connectivity index (χ2n) is 6.29. The van der Waals surface area contributed by atoms with Crippen LogP contribution in [-0.2, 0) is 10.4 Å². The number of hydrogen-bond donors (Lipinski definition) is 1. The molecule has 1 saturated heterocycles. The number of likely N-dealkylation sites (tertiary alicyclic amines) is 1. The average molecular weight is 306 g/mol. The second kappa shape index (κ2) is 6.67. The SMILES string of the molecule is COc1ccc(C(C)(O)C2CCCN2CC(=O)N(C)C)cc1. The fraction of sp³-hybridized carbons (Fsp3) is 0.588. The number of amides is 1. The predicted octanol–water partition coefficient (Wildman–Crippen LogP) is 1.46. The van der Waals surface area contributed by atoms with Crippen molar-refractivity contribution in [3.8, 4) is 5.75 Å². The lowest BCUT2D eigenvalue weighted by Gasteiger charge is -2.37. The topological polar surface area (TPSA) is 53.0 Å². The van der Waals surface area contributed by atoms with Gasteiger partial charge in [0, 0.05) is 20.1 Å². The second-order valence-corrected chi connectivity index (χ2v) is 6.29. The predicted molar refractivity (Wildman–Crippen MR) is 85.9 cm³/mol. The Kier molecular flexibility index (Phi) is 5.08. The highest BCUT2D eigenvalue weighted by atomic mass is 16.5.